The molecular formula is C20H22N2O2. The molecule has 1 aliphatic rings. The Labute approximate surface area is 142 Å². The average molecular weight is 322 g/mol. The summed E-state index contributed by atoms with van der Waals surface area (Å²) in [5.74, 6) is -0.0943. The van der Waals surface area contributed by atoms with Crippen LogP contribution in [0.15, 0.2) is 54.6 Å². The molecule has 0 saturated carbocycles. The first kappa shape index (κ1) is 16.2. The van der Waals surface area contributed by atoms with Crippen LogP contribution in [0.2, 0.25) is 0 Å². The first-order valence-corrected chi connectivity index (χ1v) is 8.42. The van der Waals surface area contributed by atoms with E-state index in [2.05, 4.69) is 22.8 Å². The number of carbonyl (C=O) groups excluding carboxylic acids is 2. The molecule has 1 atom stereocenters. The number of amides is 2. The van der Waals surface area contributed by atoms with E-state index in [1.807, 2.05) is 42.5 Å². The summed E-state index contributed by atoms with van der Waals surface area (Å²) in [5.41, 5.74) is 3.25. The monoisotopic (exact) mass is 322 g/mol. The molecule has 0 spiro atoms. The number of hydrogen-bond donors (Lipinski definition) is 2. The second-order valence-electron chi connectivity index (χ2n) is 6.17. The molecular weight excluding hydrogens is 300 g/mol. The minimum Gasteiger partial charge on any atom is -0.356 e. The Morgan fingerprint density at radius 3 is 2.67 bits per heavy atom. The predicted octanol–water partition coefficient (Wildman–Crippen LogP) is 2.94. The Hall–Kier alpha value is -2.62. The van der Waals surface area contributed by atoms with Gasteiger partial charge in [0.25, 0.3) is 0 Å². The molecule has 0 saturated heterocycles. The molecule has 3 rings (SSSR count). The molecule has 124 valence electrons. The summed E-state index contributed by atoms with van der Waals surface area (Å²) in [7, 11) is 0. The Morgan fingerprint density at radius 1 is 1.08 bits per heavy atom. The van der Waals surface area contributed by atoms with Crippen LogP contribution in [0.25, 0.3) is 0 Å². The first-order chi connectivity index (χ1) is 11.7. The highest BCUT2D eigenvalue weighted by molar-refractivity contribution is 5.96. The van der Waals surface area contributed by atoms with Crippen molar-refractivity contribution in [2.75, 3.05) is 11.9 Å². The smallest absolute Gasteiger partial charge is 0.227 e. The maximum atomic E-state index is 12.1. The molecule has 0 bridgehead atoms. The molecule has 2 N–H and O–H groups in total. The van der Waals surface area contributed by atoms with Crippen molar-refractivity contribution >= 4 is 17.5 Å². The molecule has 0 fully saturated rings. The SMILES string of the molecule is O=C(CC[C@H]1Cc2ccccc2NC1=O)NCCc1ccccc1. The second kappa shape index (κ2) is 7.77. The van der Waals surface area contributed by atoms with Crippen LogP contribution < -0.4 is 10.6 Å². The fraction of sp³-hybridized carbons (Fsp3) is 0.300. The van der Waals surface area contributed by atoms with Gasteiger partial charge in [0.05, 0.1) is 0 Å². The minimum absolute atomic E-state index is 0.0117. The highest BCUT2D eigenvalue weighted by Crippen LogP contribution is 2.27. The van der Waals surface area contributed by atoms with Gasteiger partial charge in [0.15, 0.2) is 0 Å². The molecule has 24 heavy (non-hydrogen) atoms. The van der Waals surface area contributed by atoms with Crippen LogP contribution in [0.5, 0.6) is 0 Å². The maximum Gasteiger partial charge on any atom is 0.227 e. The van der Waals surface area contributed by atoms with E-state index in [0.717, 1.165) is 17.7 Å². The Kier molecular flexibility index (Phi) is 5.26. The van der Waals surface area contributed by atoms with Crippen LogP contribution in [-0.4, -0.2) is 18.4 Å². The molecule has 4 heteroatoms. The van der Waals surface area contributed by atoms with E-state index in [9.17, 15) is 9.59 Å². The average Bonchev–Trinajstić information content (AvgIpc) is 2.61. The summed E-state index contributed by atoms with van der Waals surface area (Å²) in [6.45, 7) is 0.628. The third-order valence-electron chi connectivity index (χ3n) is 4.41. The summed E-state index contributed by atoms with van der Waals surface area (Å²) in [5, 5.41) is 5.86. The van der Waals surface area contributed by atoms with Gasteiger partial charge in [0.2, 0.25) is 11.8 Å². The lowest BCUT2D eigenvalue weighted by atomic mass is 9.89. The van der Waals surface area contributed by atoms with Crippen molar-refractivity contribution in [3.63, 3.8) is 0 Å². The van der Waals surface area contributed by atoms with E-state index in [4.69, 9.17) is 0 Å². The molecule has 0 aliphatic carbocycles. The summed E-state index contributed by atoms with van der Waals surface area (Å²) >= 11 is 0. The van der Waals surface area contributed by atoms with Crippen LogP contribution in [-0.2, 0) is 22.4 Å². The number of nitrogens with one attached hydrogen (secondary N) is 2. The van der Waals surface area contributed by atoms with E-state index < -0.39 is 0 Å². The van der Waals surface area contributed by atoms with Gasteiger partial charge in [-0.2, -0.15) is 0 Å². The fourth-order valence-electron chi connectivity index (χ4n) is 3.03. The highest BCUT2D eigenvalue weighted by Gasteiger charge is 2.26. The van der Waals surface area contributed by atoms with Crippen molar-refractivity contribution in [1.82, 2.24) is 5.32 Å². The van der Waals surface area contributed by atoms with Gasteiger partial charge in [0.1, 0.15) is 0 Å². The van der Waals surface area contributed by atoms with Crippen molar-refractivity contribution in [3.8, 4) is 0 Å². The van der Waals surface area contributed by atoms with Gasteiger partial charge < -0.3 is 10.6 Å². The first-order valence-electron chi connectivity index (χ1n) is 8.42. The van der Waals surface area contributed by atoms with Crippen molar-refractivity contribution in [2.24, 2.45) is 5.92 Å². The zero-order valence-electron chi connectivity index (χ0n) is 13.6. The van der Waals surface area contributed by atoms with Crippen LogP contribution in [0.1, 0.15) is 24.0 Å². The number of benzene rings is 2. The van der Waals surface area contributed by atoms with Crippen molar-refractivity contribution < 1.29 is 9.59 Å². The number of para-hydroxylation sites is 1. The summed E-state index contributed by atoms with van der Waals surface area (Å²) in [4.78, 5) is 24.1. The zero-order valence-corrected chi connectivity index (χ0v) is 13.6. The van der Waals surface area contributed by atoms with E-state index >= 15 is 0 Å². The lowest BCUT2D eigenvalue weighted by Gasteiger charge is -2.24. The van der Waals surface area contributed by atoms with Gasteiger partial charge >= 0.3 is 0 Å². The van der Waals surface area contributed by atoms with Gasteiger partial charge in [-0.25, -0.2) is 0 Å². The molecule has 2 amide bonds. The van der Waals surface area contributed by atoms with Gasteiger partial charge in [-0.15, -0.1) is 0 Å². The number of rotatable bonds is 6. The predicted molar refractivity (Wildman–Crippen MR) is 94.7 cm³/mol. The van der Waals surface area contributed by atoms with Crippen molar-refractivity contribution in [2.45, 2.75) is 25.7 Å². The third-order valence-corrected chi connectivity index (χ3v) is 4.41. The lowest BCUT2D eigenvalue weighted by Crippen LogP contribution is -2.32. The third kappa shape index (κ3) is 4.22. The highest BCUT2D eigenvalue weighted by atomic mass is 16.2. The Balaban J connectivity index is 1.42. The van der Waals surface area contributed by atoms with Crippen molar-refractivity contribution in [1.29, 1.82) is 0 Å². The molecule has 0 aromatic heterocycles. The van der Waals surface area contributed by atoms with Gasteiger partial charge in [0, 0.05) is 24.6 Å². The maximum absolute atomic E-state index is 12.1. The van der Waals surface area contributed by atoms with Crippen LogP contribution in [0.3, 0.4) is 0 Å². The molecule has 2 aromatic rings. The van der Waals surface area contributed by atoms with Crippen LogP contribution in [0, 0.1) is 5.92 Å². The number of anilines is 1. The Bertz CT molecular complexity index is 713. The topological polar surface area (TPSA) is 58.2 Å². The van der Waals surface area contributed by atoms with Gasteiger partial charge in [-0.1, -0.05) is 48.5 Å². The summed E-state index contributed by atoms with van der Waals surface area (Å²) in [6, 6.07) is 17.9. The number of fused-ring (bicyclic) bond motifs is 1. The summed E-state index contributed by atoms with van der Waals surface area (Å²) in [6.07, 6.45) is 2.50. The van der Waals surface area contributed by atoms with Crippen LogP contribution >= 0.6 is 0 Å². The quantitative estimate of drug-likeness (QED) is 0.859. The largest absolute Gasteiger partial charge is 0.356 e. The van der Waals surface area contributed by atoms with Gasteiger partial charge in [-0.05, 0) is 36.5 Å². The van der Waals surface area contributed by atoms with E-state index in [1.54, 1.807) is 0 Å². The Morgan fingerprint density at radius 2 is 1.83 bits per heavy atom. The summed E-state index contributed by atoms with van der Waals surface area (Å²) < 4.78 is 0. The van der Waals surface area contributed by atoms with Crippen LogP contribution in [0.4, 0.5) is 5.69 Å². The number of hydrogen-bond acceptors (Lipinski definition) is 2. The fourth-order valence-corrected chi connectivity index (χ4v) is 3.03. The lowest BCUT2D eigenvalue weighted by molar-refractivity contribution is -0.122. The normalized spacial score (nSPS) is 16.2. The molecule has 4 nitrogen and oxygen atoms in total. The molecule has 2 aromatic carbocycles. The minimum atomic E-state index is -0.125. The zero-order chi connectivity index (χ0) is 16.8. The second-order valence-corrected chi connectivity index (χ2v) is 6.17. The molecule has 0 radical (unpaired) electrons. The molecule has 0 unspecified atom stereocenters. The number of carbonyl (C=O) groups is 2. The van der Waals surface area contributed by atoms with Gasteiger partial charge in [-0.3, -0.25) is 9.59 Å². The van der Waals surface area contributed by atoms with Crippen molar-refractivity contribution in [3.05, 3.63) is 65.7 Å². The standard InChI is InChI=1S/C20H22N2O2/c23-19(21-13-12-15-6-2-1-3-7-15)11-10-17-14-16-8-4-5-9-18(16)22-20(17)24/h1-9,17H,10-14H2,(H,21,23)(H,22,24)/t17-/m0/s1. The molecule has 1 aliphatic heterocycles. The van der Waals surface area contributed by atoms with E-state index in [-0.39, 0.29) is 17.7 Å². The molecule has 1 heterocycles. The van der Waals surface area contributed by atoms with E-state index in [0.29, 0.717) is 25.8 Å². The van der Waals surface area contributed by atoms with E-state index in [1.165, 1.54) is 5.56 Å².